The minimum absolute atomic E-state index is 0.369. The Kier molecular flexibility index (Phi) is 3.93. The molecule has 14 heavy (non-hydrogen) atoms. The standard InChI is InChI=1S/C9H10ClN3S/c1-6(2)3-4-12-8-7(5-11)14-13-9(8)10/h3,12H,4H2,1-2H3. The maximum Gasteiger partial charge on any atom is 0.167 e. The van der Waals surface area contributed by atoms with Gasteiger partial charge in [-0.25, -0.2) is 0 Å². The summed E-state index contributed by atoms with van der Waals surface area (Å²) in [6.45, 7) is 4.69. The summed E-state index contributed by atoms with van der Waals surface area (Å²) in [5.74, 6) is 0. The smallest absolute Gasteiger partial charge is 0.167 e. The largest absolute Gasteiger partial charge is 0.377 e. The molecular weight excluding hydrogens is 218 g/mol. The van der Waals surface area contributed by atoms with Gasteiger partial charge in [-0.2, -0.15) is 9.64 Å². The van der Waals surface area contributed by atoms with Crippen molar-refractivity contribution in [2.45, 2.75) is 13.8 Å². The number of nitrogens with one attached hydrogen (secondary N) is 1. The average Bonchev–Trinajstić information content (AvgIpc) is 2.47. The number of nitriles is 1. The fourth-order valence-electron chi connectivity index (χ4n) is 0.857. The van der Waals surface area contributed by atoms with E-state index in [1.165, 1.54) is 5.57 Å². The van der Waals surface area contributed by atoms with E-state index in [1.807, 2.05) is 26.0 Å². The van der Waals surface area contributed by atoms with Gasteiger partial charge in [-0.3, -0.25) is 0 Å². The molecule has 0 radical (unpaired) electrons. The van der Waals surface area contributed by atoms with Crippen LogP contribution in [-0.4, -0.2) is 10.9 Å². The SMILES string of the molecule is CC(C)=CCNc1c(Cl)nsc1C#N. The number of halogens is 1. The normalized spacial score (nSPS) is 9.29. The predicted octanol–water partition coefficient (Wildman–Crippen LogP) is 3.05. The summed E-state index contributed by atoms with van der Waals surface area (Å²) in [7, 11) is 0. The van der Waals surface area contributed by atoms with E-state index in [0.29, 0.717) is 22.3 Å². The summed E-state index contributed by atoms with van der Waals surface area (Å²) in [6.07, 6.45) is 2.02. The quantitative estimate of drug-likeness (QED) is 0.808. The van der Waals surface area contributed by atoms with E-state index in [9.17, 15) is 0 Å². The van der Waals surface area contributed by atoms with Crippen LogP contribution in [0.2, 0.25) is 5.15 Å². The van der Waals surface area contributed by atoms with Crippen LogP contribution in [-0.2, 0) is 0 Å². The van der Waals surface area contributed by atoms with Crippen molar-refractivity contribution >= 4 is 28.8 Å². The van der Waals surface area contributed by atoms with E-state index in [4.69, 9.17) is 16.9 Å². The van der Waals surface area contributed by atoms with Crippen molar-refractivity contribution in [2.24, 2.45) is 0 Å². The van der Waals surface area contributed by atoms with E-state index in [0.717, 1.165) is 11.5 Å². The van der Waals surface area contributed by atoms with Gasteiger partial charge in [0.2, 0.25) is 0 Å². The highest BCUT2D eigenvalue weighted by Gasteiger charge is 2.09. The van der Waals surface area contributed by atoms with Gasteiger partial charge in [0.15, 0.2) is 5.15 Å². The van der Waals surface area contributed by atoms with Crippen molar-refractivity contribution in [2.75, 3.05) is 11.9 Å². The molecule has 0 amide bonds. The Bertz CT molecular complexity index is 385. The van der Waals surface area contributed by atoms with Crippen molar-refractivity contribution < 1.29 is 0 Å². The number of hydrogen-bond acceptors (Lipinski definition) is 4. The number of aromatic nitrogens is 1. The first-order valence-electron chi connectivity index (χ1n) is 4.07. The molecule has 0 aliphatic heterocycles. The third-order valence-corrected chi connectivity index (χ3v) is 2.67. The molecule has 0 aliphatic carbocycles. The third kappa shape index (κ3) is 2.72. The van der Waals surface area contributed by atoms with Crippen LogP contribution in [0.3, 0.4) is 0 Å². The molecule has 5 heteroatoms. The molecule has 74 valence electrons. The van der Waals surface area contributed by atoms with Gasteiger partial charge in [-0.05, 0) is 25.4 Å². The van der Waals surface area contributed by atoms with Gasteiger partial charge in [0.25, 0.3) is 0 Å². The first kappa shape index (κ1) is 11.0. The molecule has 3 nitrogen and oxygen atoms in total. The summed E-state index contributed by atoms with van der Waals surface area (Å²) in [5.41, 5.74) is 1.85. The third-order valence-electron chi connectivity index (χ3n) is 1.54. The number of rotatable bonds is 3. The highest BCUT2D eigenvalue weighted by Crippen LogP contribution is 2.27. The molecule has 0 aromatic carbocycles. The molecule has 0 spiro atoms. The predicted molar refractivity (Wildman–Crippen MR) is 59.8 cm³/mol. The van der Waals surface area contributed by atoms with Crippen molar-refractivity contribution in [3.05, 3.63) is 21.7 Å². The van der Waals surface area contributed by atoms with Crippen LogP contribution in [0.1, 0.15) is 18.7 Å². The zero-order valence-electron chi connectivity index (χ0n) is 7.97. The second-order valence-corrected chi connectivity index (χ2v) is 4.08. The van der Waals surface area contributed by atoms with Gasteiger partial charge < -0.3 is 5.32 Å². The van der Waals surface area contributed by atoms with Crippen LogP contribution in [0.25, 0.3) is 0 Å². The van der Waals surface area contributed by atoms with E-state index < -0.39 is 0 Å². The lowest BCUT2D eigenvalue weighted by molar-refractivity contribution is 1.26. The van der Waals surface area contributed by atoms with Crippen LogP contribution >= 0.6 is 23.1 Å². The Morgan fingerprint density at radius 1 is 1.71 bits per heavy atom. The minimum Gasteiger partial charge on any atom is -0.377 e. The van der Waals surface area contributed by atoms with Crippen LogP contribution < -0.4 is 5.32 Å². The average molecular weight is 228 g/mol. The first-order chi connectivity index (χ1) is 6.65. The molecule has 1 aromatic rings. The second kappa shape index (κ2) is 4.99. The van der Waals surface area contributed by atoms with Crippen molar-refractivity contribution in [1.82, 2.24) is 4.37 Å². The summed E-state index contributed by atoms with van der Waals surface area (Å²) in [4.78, 5) is 0.525. The highest BCUT2D eigenvalue weighted by atomic mass is 35.5. The topological polar surface area (TPSA) is 48.7 Å². The molecule has 1 heterocycles. The van der Waals surface area contributed by atoms with Gasteiger partial charge in [0.1, 0.15) is 16.6 Å². The van der Waals surface area contributed by atoms with Gasteiger partial charge in [0, 0.05) is 6.54 Å². The van der Waals surface area contributed by atoms with E-state index in [2.05, 4.69) is 9.69 Å². The maximum absolute atomic E-state index is 8.75. The monoisotopic (exact) mass is 227 g/mol. The molecule has 0 unspecified atom stereocenters. The molecule has 0 saturated carbocycles. The van der Waals surface area contributed by atoms with Crippen LogP contribution in [0.4, 0.5) is 5.69 Å². The summed E-state index contributed by atoms with van der Waals surface area (Å²) in [5, 5.41) is 12.2. The fourth-order valence-corrected chi connectivity index (χ4v) is 1.74. The number of nitrogens with zero attached hydrogens (tertiary/aromatic N) is 2. The Hall–Kier alpha value is -1.05. The minimum atomic E-state index is 0.369. The Morgan fingerprint density at radius 3 is 3.00 bits per heavy atom. The molecule has 1 aromatic heterocycles. The van der Waals surface area contributed by atoms with Gasteiger partial charge in [-0.15, -0.1) is 0 Å². The number of anilines is 1. The first-order valence-corrected chi connectivity index (χ1v) is 5.22. The molecule has 0 bridgehead atoms. The maximum atomic E-state index is 8.75. The fraction of sp³-hybridized carbons (Fsp3) is 0.333. The summed E-state index contributed by atoms with van der Waals surface area (Å²) in [6, 6.07) is 2.04. The lowest BCUT2D eigenvalue weighted by Gasteiger charge is -2.00. The molecule has 0 fully saturated rings. The Morgan fingerprint density at radius 2 is 2.43 bits per heavy atom. The number of allylic oxidation sites excluding steroid dienone is 1. The Labute approximate surface area is 92.2 Å². The molecule has 0 atom stereocenters. The van der Waals surface area contributed by atoms with E-state index in [1.54, 1.807) is 0 Å². The van der Waals surface area contributed by atoms with Crippen molar-refractivity contribution in [3.8, 4) is 6.07 Å². The number of hydrogen-bond donors (Lipinski definition) is 1. The zero-order chi connectivity index (χ0) is 10.6. The van der Waals surface area contributed by atoms with E-state index in [-0.39, 0.29) is 0 Å². The van der Waals surface area contributed by atoms with Crippen LogP contribution in [0, 0.1) is 11.3 Å². The molecular formula is C9H10ClN3S. The Balaban J connectivity index is 2.72. The van der Waals surface area contributed by atoms with Gasteiger partial charge >= 0.3 is 0 Å². The summed E-state index contributed by atoms with van der Waals surface area (Å²) >= 11 is 6.91. The van der Waals surface area contributed by atoms with Crippen LogP contribution in [0.15, 0.2) is 11.6 Å². The van der Waals surface area contributed by atoms with Gasteiger partial charge in [-0.1, -0.05) is 23.3 Å². The lowest BCUT2D eigenvalue weighted by atomic mass is 10.3. The zero-order valence-corrected chi connectivity index (χ0v) is 9.54. The van der Waals surface area contributed by atoms with Crippen molar-refractivity contribution in [3.63, 3.8) is 0 Å². The highest BCUT2D eigenvalue weighted by molar-refractivity contribution is 7.07. The molecule has 1 rings (SSSR count). The van der Waals surface area contributed by atoms with E-state index >= 15 is 0 Å². The second-order valence-electron chi connectivity index (χ2n) is 2.95. The molecule has 1 N–H and O–H groups in total. The molecule has 0 aliphatic rings. The van der Waals surface area contributed by atoms with Gasteiger partial charge in [0.05, 0.1) is 0 Å². The molecule has 0 saturated heterocycles. The summed E-state index contributed by atoms with van der Waals surface area (Å²) < 4.78 is 3.89. The van der Waals surface area contributed by atoms with Crippen LogP contribution in [0.5, 0.6) is 0 Å². The van der Waals surface area contributed by atoms with Crippen molar-refractivity contribution in [1.29, 1.82) is 5.26 Å². The lowest BCUT2D eigenvalue weighted by Crippen LogP contribution is -1.99.